The molecule has 1 aromatic heterocycles. The average molecular weight is 317 g/mol. The summed E-state index contributed by atoms with van der Waals surface area (Å²) in [5.74, 6) is -0.0394. The zero-order valence-corrected chi connectivity index (χ0v) is 13.1. The van der Waals surface area contributed by atoms with Crippen LogP contribution in [0.4, 0.5) is 5.88 Å². The van der Waals surface area contributed by atoms with Crippen LogP contribution in [0.1, 0.15) is 28.4 Å². The van der Waals surface area contributed by atoms with Gasteiger partial charge in [0.25, 0.3) is 5.91 Å². The van der Waals surface area contributed by atoms with E-state index < -0.39 is 0 Å². The molecule has 0 atom stereocenters. The third-order valence-corrected chi connectivity index (χ3v) is 3.68. The van der Waals surface area contributed by atoms with Crippen LogP contribution in [-0.4, -0.2) is 11.1 Å². The van der Waals surface area contributed by atoms with E-state index in [1.807, 2.05) is 30.3 Å². The predicted molar refractivity (Wildman–Crippen MR) is 90.4 cm³/mol. The molecule has 0 aliphatic heterocycles. The Labute approximate surface area is 139 Å². The first-order chi connectivity index (χ1) is 11.7. The maximum Gasteiger partial charge on any atom is 0.258 e. The van der Waals surface area contributed by atoms with Gasteiger partial charge in [-0.25, -0.2) is 0 Å². The Morgan fingerprint density at radius 3 is 2.50 bits per heavy atom. The van der Waals surface area contributed by atoms with E-state index in [2.05, 4.69) is 17.4 Å². The Morgan fingerprint density at radius 1 is 1.17 bits per heavy atom. The van der Waals surface area contributed by atoms with Crippen LogP contribution < -0.4 is 5.32 Å². The third-order valence-electron chi connectivity index (χ3n) is 3.68. The molecule has 118 valence electrons. The molecule has 0 saturated heterocycles. The number of carbonyl (C=O) groups is 1. The van der Waals surface area contributed by atoms with Crippen LogP contribution >= 0.6 is 0 Å². The van der Waals surface area contributed by atoms with Crippen LogP contribution in [0.3, 0.4) is 0 Å². The van der Waals surface area contributed by atoms with Crippen LogP contribution in [0.25, 0.3) is 11.3 Å². The standard InChI is InChI=1S/C19H15N3O2/c1-2-13-3-7-15(8-4-13)17-11-18(24-22-17)21-19(23)16-9-5-14(12-20)6-10-16/h3-11H,2H2,1H3,(H,21,23). The molecule has 3 aromatic rings. The Balaban J connectivity index is 1.72. The number of aromatic nitrogens is 1. The van der Waals surface area contributed by atoms with E-state index in [1.165, 1.54) is 5.56 Å². The van der Waals surface area contributed by atoms with Gasteiger partial charge in [0.2, 0.25) is 5.88 Å². The van der Waals surface area contributed by atoms with Gasteiger partial charge >= 0.3 is 0 Å². The monoisotopic (exact) mass is 317 g/mol. The van der Waals surface area contributed by atoms with Gasteiger partial charge in [0, 0.05) is 17.2 Å². The van der Waals surface area contributed by atoms with Crippen molar-refractivity contribution in [3.05, 3.63) is 71.3 Å². The number of hydrogen-bond donors (Lipinski definition) is 1. The first-order valence-corrected chi connectivity index (χ1v) is 7.57. The number of amides is 1. The second-order valence-corrected chi connectivity index (χ2v) is 5.27. The number of carbonyl (C=O) groups excluding carboxylic acids is 1. The fraction of sp³-hybridized carbons (Fsp3) is 0.105. The molecule has 3 rings (SSSR count). The maximum absolute atomic E-state index is 12.2. The topological polar surface area (TPSA) is 78.9 Å². The largest absolute Gasteiger partial charge is 0.338 e. The van der Waals surface area contributed by atoms with E-state index in [0.717, 1.165) is 12.0 Å². The fourth-order valence-corrected chi connectivity index (χ4v) is 2.26. The summed E-state index contributed by atoms with van der Waals surface area (Å²) in [5.41, 5.74) is 3.78. The molecule has 0 aliphatic carbocycles. The van der Waals surface area contributed by atoms with Crippen molar-refractivity contribution in [3.8, 4) is 17.3 Å². The molecule has 0 spiro atoms. The molecule has 0 radical (unpaired) electrons. The second kappa shape index (κ2) is 6.80. The van der Waals surface area contributed by atoms with Crippen molar-refractivity contribution in [2.45, 2.75) is 13.3 Å². The third kappa shape index (κ3) is 3.33. The molecule has 5 nitrogen and oxygen atoms in total. The Bertz CT molecular complexity index is 888. The fourth-order valence-electron chi connectivity index (χ4n) is 2.26. The van der Waals surface area contributed by atoms with Crippen LogP contribution in [0, 0.1) is 11.3 Å². The molecule has 1 heterocycles. The first kappa shape index (κ1) is 15.5. The lowest BCUT2D eigenvalue weighted by Gasteiger charge is -2.00. The number of aryl methyl sites for hydroxylation is 1. The number of nitrogens with one attached hydrogen (secondary N) is 1. The highest BCUT2D eigenvalue weighted by Gasteiger charge is 2.11. The Hall–Kier alpha value is -3.39. The van der Waals surface area contributed by atoms with Crippen molar-refractivity contribution < 1.29 is 9.32 Å². The number of nitriles is 1. The zero-order chi connectivity index (χ0) is 16.9. The summed E-state index contributed by atoms with van der Waals surface area (Å²) in [6, 6.07) is 18.1. The molecule has 1 N–H and O–H groups in total. The molecular weight excluding hydrogens is 302 g/mol. The predicted octanol–water partition coefficient (Wildman–Crippen LogP) is 4.03. The Morgan fingerprint density at radius 2 is 1.88 bits per heavy atom. The summed E-state index contributed by atoms with van der Waals surface area (Å²) in [6.07, 6.45) is 0.977. The van der Waals surface area contributed by atoms with Gasteiger partial charge in [0.05, 0.1) is 11.6 Å². The molecule has 0 saturated carbocycles. The van der Waals surface area contributed by atoms with E-state index >= 15 is 0 Å². The molecule has 2 aromatic carbocycles. The molecule has 0 bridgehead atoms. The minimum atomic E-state index is -0.316. The summed E-state index contributed by atoms with van der Waals surface area (Å²) in [5, 5.41) is 15.4. The first-order valence-electron chi connectivity index (χ1n) is 7.57. The molecule has 0 aliphatic rings. The smallest absolute Gasteiger partial charge is 0.258 e. The minimum absolute atomic E-state index is 0.277. The molecule has 24 heavy (non-hydrogen) atoms. The summed E-state index contributed by atoms with van der Waals surface area (Å²) in [7, 11) is 0. The van der Waals surface area contributed by atoms with Gasteiger partial charge in [0.1, 0.15) is 5.69 Å². The van der Waals surface area contributed by atoms with Crippen LogP contribution in [-0.2, 0) is 6.42 Å². The van der Waals surface area contributed by atoms with E-state index in [1.54, 1.807) is 30.3 Å². The van der Waals surface area contributed by atoms with E-state index in [4.69, 9.17) is 9.78 Å². The lowest BCUT2D eigenvalue weighted by molar-refractivity contribution is 0.102. The normalized spacial score (nSPS) is 10.2. The zero-order valence-electron chi connectivity index (χ0n) is 13.1. The average Bonchev–Trinajstić information content (AvgIpc) is 3.10. The van der Waals surface area contributed by atoms with Crippen LogP contribution in [0.5, 0.6) is 0 Å². The highest BCUT2D eigenvalue weighted by molar-refractivity contribution is 6.03. The van der Waals surface area contributed by atoms with E-state index in [9.17, 15) is 4.79 Å². The van der Waals surface area contributed by atoms with Crippen molar-refractivity contribution in [3.63, 3.8) is 0 Å². The Kier molecular flexibility index (Phi) is 4.39. The quantitative estimate of drug-likeness (QED) is 0.788. The van der Waals surface area contributed by atoms with E-state index in [-0.39, 0.29) is 11.8 Å². The lowest BCUT2D eigenvalue weighted by atomic mass is 10.1. The summed E-state index contributed by atoms with van der Waals surface area (Å²) in [4.78, 5) is 12.2. The van der Waals surface area contributed by atoms with Crippen molar-refractivity contribution in [1.82, 2.24) is 5.16 Å². The van der Waals surface area contributed by atoms with E-state index in [0.29, 0.717) is 16.8 Å². The number of nitrogens with zero attached hydrogens (tertiary/aromatic N) is 2. The number of rotatable bonds is 4. The van der Waals surface area contributed by atoms with Crippen molar-refractivity contribution in [2.75, 3.05) is 5.32 Å². The van der Waals surface area contributed by atoms with Gasteiger partial charge in [-0.05, 0) is 36.2 Å². The van der Waals surface area contributed by atoms with Crippen molar-refractivity contribution in [2.24, 2.45) is 0 Å². The second-order valence-electron chi connectivity index (χ2n) is 5.27. The highest BCUT2D eigenvalue weighted by Crippen LogP contribution is 2.22. The van der Waals surface area contributed by atoms with Gasteiger partial charge in [-0.2, -0.15) is 5.26 Å². The van der Waals surface area contributed by atoms with Gasteiger partial charge in [-0.3, -0.25) is 10.1 Å². The molecule has 5 heteroatoms. The number of benzene rings is 2. The van der Waals surface area contributed by atoms with Crippen LogP contribution in [0.2, 0.25) is 0 Å². The van der Waals surface area contributed by atoms with Gasteiger partial charge in [-0.1, -0.05) is 36.3 Å². The highest BCUT2D eigenvalue weighted by atomic mass is 16.5. The SMILES string of the molecule is CCc1ccc(-c2cc(NC(=O)c3ccc(C#N)cc3)on2)cc1. The minimum Gasteiger partial charge on any atom is -0.338 e. The number of hydrogen-bond acceptors (Lipinski definition) is 4. The van der Waals surface area contributed by atoms with Gasteiger partial charge < -0.3 is 4.52 Å². The van der Waals surface area contributed by atoms with Gasteiger partial charge in [-0.15, -0.1) is 0 Å². The lowest BCUT2D eigenvalue weighted by Crippen LogP contribution is -2.11. The number of anilines is 1. The van der Waals surface area contributed by atoms with Crippen molar-refractivity contribution in [1.29, 1.82) is 5.26 Å². The van der Waals surface area contributed by atoms with Crippen molar-refractivity contribution >= 4 is 11.8 Å². The summed E-state index contributed by atoms with van der Waals surface area (Å²) in [6.45, 7) is 2.10. The van der Waals surface area contributed by atoms with Crippen LogP contribution in [0.15, 0.2) is 59.1 Å². The maximum atomic E-state index is 12.2. The molecule has 1 amide bonds. The molecule has 0 unspecified atom stereocenters. The molecule has 0 fully saturated rings. The summed E-state index contributed by atoms with van der Waals surface area (Å²) >= 11 is 0. The van der Waals surface area contributed by atoms with Gasteiger partial charge in [0.15, 0.2) is 0 Å². The molecular formula is C19H15N3O2. The summed E-state index contributed by atoms with van der Waals surface area (Å²) < 4.78 is 5.18.